The largest absolute Gasteiger partial charge is 0.459 e. The molecule has 2 rings (SSSR count). The van der Waals surface area contributed by atoms with Crippen molar-refractivity contribution in [1.82, 2.24) is 14.7 Å². The fourth-order valence-electron chi connectivity index (χ4n) is 2.79. The molecule has 0 atom stereocenters. The van der Waals surface area contributed by atoms with Crippen LogP contribution < -0.4 is 0 Å². The predicted octanol–water partition coefficient (Wildman–Crippen LogP) is 1.21. The van der Waals surface area contributed by atoms with Gasteiger partial charge in [0.1, 0.15) is 0 Å². The molecule has 132 valence electrons. The van der Waals surface area contributed by atoms with Crippen LogP contribution in [0.3, 0.4) is 0 Å². The molecule has 24 heavy (non-hydrogen) atoms. The smallest absolute Gasteiger partial charge is 0.312 e. The second-order valence-corrected chi connectivity index (χ2v) is 5.85. The van der Waals surface area contributed by atoms with Crippen molar-refractivity contribution in [1.29, 1.82) is 0 Å². The number of hydrogen-bond donors (Lipinski definition) is 0. The maximum atomic E-state index is 12.4. The van der Waals surface area contributed by atoms with E-state index in [1.165, 1.54) is 11.2 Å². The van der Waals surface area contributed by atoms with Crippen LogP contribution in [0.25, 0.3) is 0 Å². The number of rotatable bonds is 5. The van der Waals surface area contributed by atoms with Crippen LogP contribution in [0.1, 0.15) is 37.2 Å². The highest BCUT2D eigenvalue weighted by molar-refractivity contribution is 6.34. The summed E-state index contributed by atoms with van der Waals surface area (Å²) in [5.74, 6) is -0.800. The maximum Gasteiger partial charge on any atom is 0.312 e. The van der Waals surface area contributed by atoms with Crippen LogP contribution in [0.5, 0.6) is 0 Å². The van der Waals surface area contributed by atoms with Crippen LogP contribution in [-0.2, 0) is 9.59 Å². The van der Waals surface area contributed by atoms with Crippen molar-refractivity contribution in [2.45, 2.75) is 26.7 Å². The van der Waals surface area contributed by atoms with Gasteiger partial charge in [-0.15, -0.1) is 0 Å². The van der Waals surface area contributed by atoms with E-state index in [2.05, 4.69) is 0 Å². The minimum absolute atomic E-state index is 0.183. The lowest BCUT2D eigenvalue weighted by Gasteiger charge is -2.35. The first-order valence-corrected chi connectivity index (χ1v) is 8.49. The van der Waals surface area contributed by atoms with Crippen LogP contribution in [-0.4, -0.2) is 71.7 Å². The zero-order valence-electron chi connectivity index (χ0n) is 14.4. The molecule has 0 bridgehead atoms. The summed E-state index contributed by atoms with van der Waals surface area (Å²) in [5, 5.41) is 0. The van der Waals surface area contributed by atoms with Gasteiger partial charge in [-0.25, -0.2) is 0 Å². The minimum atomic E-state index is -0.470. The molecule has 7 heteroatoms. The molecule has 7 nitrogen and oxygen atoms in total. The molecule has 0 N–H and O–H groups in total. The summed E-state index contributed by atoms with van der Waals surface area (Å²) in [5.41, 5.74) is 0. The highest BCUT2D eigenvalue weighted by Crippen LogP contribution is 2.10. The van der Waals surface area contributed by atoms with Crippen molar-refractivity contribution < 1.29 is 18.8 Å². The first-order chi connectivity index (χ1) is 11.6. The van der Waals surface area contributed by atoms with Gasteiger partial charge in [-0.2, -0.15) is 0 Å². The van der Waals surface area contributed by atoms with E-state index in [0.717, 1.165) is 12.8 Å². The van der Waals surface area contributed by atoms with E-state index >= 15 is 0 Å². The molecule has 1 fully saturated rings. The molecule has 0 aromatic carbocycles. The molecule has 0 spiro atoms. The van der Waals surface area contributed by atoms with Gasteiger partial charge in [-0.3, -0.25) is 14.4 Å². The Kier molecular flexibility index (Phi) is 6.40. The molecule has 1 saturated heterocycles. The van der Waals surface area contributed by atoms with Gasteiger partial charge in [0.05, 0.1) is 6.26 Å². The topological polar surface area (TPSA) is 74.1 Å². The van der Waals surface area contributed by atoms with Crippen molar-refractivity contribution in [2.24, 2.45) is 0 Å². The molecule has 1 aromatic heterocycles. The summed E-state index contributed by atoms with van der Waals surface area (Å²) >= 11 is 0. The van der Waals surface area contributed by atoms with Crippen molar-refractivity contribution in [3.63, 3.8) is 0 Å². The summed E-state index contributed by atoms with van der Waals surface area (Å²) < 4.78 is 5.11. The molecular formula is C17H25N3O4. The predicted molar refractivity (Wildman–Crippen MR) is 88.4 cm³/mol. The first-order valence-electron chi connectivity index (χ1n) is 8.49. The van der Waals surface area contributed by atoms with Gasteiger partial charge >= 0.3 is 11.8 Å². The lowest BCUT2D eigenvalue weighted by Crippen LogP contribution is -2.54. The molecule has 0 saturated carbocycles. The summed E-state index contributed by atoms with van der Waals surface area (Å²) in [4.78, 5) is 41.8. The maximum absolute atomic E-state index is 12.4. The van der Waals surface area contributed by atoms with E-state index in [4.69, 9.17) is 4.42 Å². The number of piperazine rings is 1. The van der Waals surface area contributed by atoms with Gasteiger partial charge in [0.2, 0.25) is 0 Å². The average Bonchev–Trinajstić information content (AvgIpc) is 3.14. The van der Waals surface area contributed by atoms with Crippen molar-refractivity contribution in [3.8, 4) is 0 Å². The van der Waals surface area contributed by atoms with Gasteiger partial charge in [-0.05, 0) is 25.0 Å². The highest BCUT2D eigenvalue weighted by Gasteiger charge is 2.31. The summed E-state index contributed by atoms with van der Waals surface area (Å²) in [6, 6.07) is 3.29. The Hall–Kier alpha value is -2.31. The Bertz CT molecular complexity index is 556. The Morgan fingerprint density at radius 3 is 2.12 bits per heavy atom. The zero-order chi connectivity index (χ0) is 17.5. The van der Waals surface area contributed by atoms with Crippen molar-refractivity contribution >= 4 is 17.7 Å². The fraction of sp³-hybridized carbons (Fsp3) is 0.588. The first kappa shape index (κ1) is 18.0. The number of hydrogen-bond acceptors (Lipinski definition) is 4. The summed E-state index contributed by atoms with van der Waals surface area (Å²) in [6.45, 7) is 6.69. The molecule has 0 radical (unpaired) electrons. The number of amides is 3. The van der Waals surface area contributed by atoms with E-state index in [0.29, 0.717) is 45.0 Å². The van der Waals surface area contributed by atoms with Crippen LogP contribution in [0.15, 0.2) is 22.8 Å². The van der Waals surface area contributed by atoms with Gasteiger partial charge in [0, 0.05) is 39.3 Å². The van der Waals surface area contributed by atoms with E-state index in [-0.39, 0.29) is 5.91 Å². The Labute approximate surface area is 142 Å². The van der Waals surface area contributed by atoms with Crippen LogP contribution >= 0.6 is 0 Å². The van der Waals surface area contributed by atoms with Crippen LogP contribution in [0.2, 0.25) is 0 Å². The average molecular weight is 335 g/mol. The molecule has 0 aliphatic carbocycles. The van der Waals surface area contributed by atoms with E-state index in [9.17, 15) is 14.4 Å². The molecule has 1 aliphatic rings. The SMILES string of the molecule is CCCN(CCC)C(=O)C(=O)N1CCN(C(=O)c2ccco2)CC1. The summed E-state index contributed by atoms with van der Waals surface area (Å²) in [6.07, 6.45) is 3.11. The van der Waals surface area contributed by atoms with E-state index < -0.39 is 11.8 Å². The normalized spacial score (nSPS) is 14.6. The number of furan rings is 1. The lowest BCUT2D eigenvalue weighted by atomic mass is 10.2. The Morgan fingerprint density at radius 1 is 1.04 bits per heavy atom. The van der Waals surface area contributed by atoms with Crippen molar-refractivity contribution in [2.75, 3.05) is 39.3 Å². The number of carbonyl (C=O) groups is 3. The molecule has 1 aliphatic heterocycles. The quantitative estimate of drug-likeness (QED) is 0.758. The zero-order valence-corrected chi connectivity index (χ0v) is 14.4. The Morgan fingerprint density at radius 2 is 1.62 bits per heavy atom. The molecule has 0 unspecified atom stereocenters. The summed E-state index contributed by atoms with van der Waals surface area (Å²) in [7, 11) is 0. The highest BCUT2D eigenvalue weighted by atomic mass is 16.3. The van der Waals surface area contributed by atoms with Crippen LogP contribution in [0, 0.1) is 0 Å². The van der Waals surface area contributed by atoms with Gasteiger partial charge in [0.25, 0.3) is 5.91 Å². The second-order valence-electron chi connectivity index (χ2n) is 5.85. The molecule has 3 amide bonds. The minimum Gasteiger partial charge on any atom is -0.459 e. The lowest BCUT2D eigenvalue weighted by molar-refractivity contribution is -0.152. The van der Waals surface area contributed by atoms with Crippen LogP contribution in [0.4, 0.5) is 0 Å². The molecular weight excluding hydrogens is 310 g/mol. The monoisotopic (exact) mass is 335 g/mol. The third kappa shape index (κ3) is 4.15. The van der Waals surface area contributed by atoms with Gasteiger partial charge in [-0.1, -0.05) is 13.8 Å². The van der Waals surface area contributed by atoms with E-state index in [1.807, 2.05) is 13.8 Å². The molecule has 2 heterocycles. The van der Waals surface area contributed by atoms with Gasteiger partial charge < -0.3 is 19.1 Å². The fourth-order valence-corrected chi connectivity index (χ4v) is 2.79. The molecule has 1 aromatic rings. The third-order valence-corrected chi connectivity index (χ3v) is 4.04. The Balaban J connectivity index is 1.90. The third-order valence-electron chi connectivity index (χ3n) is 4.04. The standard InChI is InChI=1S/C17H25N3O4/c1-3-7-18(8-4-2)16(22)17(23)20-11-9-19(10-12-20)15(21)14-6-5-13-24-14/h5-6,13H,3-4,7-12H2,1-2H3. The van der Waals surface area contributed by atoms with E-state index in [1.54, 1.807) is 21.9 Å². The van der Waals surface area contributed by atoms with Gasteiger partial charge in [0.15, 0.2) is 5.76 Å². The number of nitrogens with zero attached hydrogens (tertiary/aromatic N) is 3. The van der Waals surface area contributed by atoms with Crippen molar-refractivity contribution in [3.05, 3.63) is 24.2 Å². The second kappa shape index (κ2) is 8.52. The number of carbonyl (C=O) groups excluding carboxylic acids is 3.